The molecule has 3 nitrogen and oxygen atoms in total. The number of benzene rings is 1. The average Bonchev–Trinajstić information content (AvgIpc) is 3.27. The fourth-order valence-electron chi connectivity index (χ4n) is 1.89. The van der Waals surface area contributed by atoms with Crippen LogP contribution in [0.2, 0.25) is 0 Å². The van der Waals surface area contributed by atoms with Crippen molar-refractivity contribution in [1.29, 1.82) is 0 Å². The van der Waals surface area contributed by atoms with Crippen LogP contribution in [0.25, 0.3) is 0 Å². The molecule has 2 aromatic rings. The van der Waals surface area contributed by atoms with Crippen molar-refractivity contribution >= 4 is 15.9 Å². The second kappa shape index (κ2) is 6.07. The summed E-state index contributed by atoms with van der Waals surface area (Å²) in [4.78, 5) is 4.14. The molecular weight excluding hydrogens is 342 g/mol. The van der Waals surface area contributed by atoms with Gasteiger partial charge in [0.25, 0.3) is 0 Å². The van der Waals surface area contributed by atoms with Gasteiger partial charge in [0.2, 0.25) is 5.88 Å². The summed E-state index contributed by atoms with van der Waals surface area (Å²) in [5.74, 6) is -1.07. The van der Waals surface area contributed by atoms with Crippen LogP contribution in [-0.2, 0) is 6.54 Å². The second-order valence-corrected chi connectivity index (χ2v) is 5.87. The number of ether oxygens (including phenoxy) is 1. The summed E-state index contributed by atoms with van der Waals surface area (Å²) >= 11 is 3.35. The molecule has 3 rings (SSSR count). The fraction of sp³-hybridized carbons (Fsp3) is 0.267. The molecule has 110 valence electrons. The molecule has 0 spiro atoms. The minimum atomic E-state index is -0.623. The van der Waals surface area contributed by atoms with Crippen LogP contribution in [0.1, 0.15) is 18.4 Å². The molecule has 0 bridgehead atoms. The predicted octanol–water partition coefficient (Wildman–Crippen LogP) is 4.17. The minimum Gasteiger partial charge on any atom is -0.435 e. The topological polar surface area (TPSA) is 34.1 Å². The third-order valence-electron chi connectivity index (χ3n) is 3.15. The van der Waals surface area contributed by atoms with Crippen molar-refractivity contribution in [3.05, 3.63) is 52.1 Å². The van der Waals surface area contributed by atoms with Crippen molar-refractivity contribution in [3.63, 3.8) is 0 Å². The summed E-state index contributed by atoms with van der Waals surface area (Å²) in [5, 5.41) is 3.34. The first-order valence-corrected chi connectivity index (χ1v) is 7.42. The van der Waals surface area contributed by atoms with Gasteiger partial charge in [-0.2, -0.15) is 0 Å². The van der Waals surface area contributed by atoms with E-state index in [2.05, 4.69) is 26.2 Å². The highest BCUT2D eigenvalue weighted by Gasteiger charge is 2.21. The Labute approximate surface area is 129 Å². The van der Waals surface area contributed by atoms with Crippen LogP contribution in [0.3, 0.4) is 0 Å². The molecule has 0 atom stereocenters. The van der Waals surface area contributed by atoms with E-state index in [1.54, 1.807) is 6.20 Å². The van der Waals surface area contributed by atoms with Gasteiger partial charge in [0.05, 0.1) is 0 Å². The molecule has 6 heteroatoms. The summed E-state index contributed by atoms with van der Waals surface area (Å²) in [6, 6.07) is 5.48. The average molecular weight is 355 g/mol. The van der Waals surface area contributed by atoms with E-state index in [0.29, 0.717) is 12.6 Å². The Balaban J connectivity index is 1.84. The smallest absolute Gasteiger partial charge is 0.223 e. The van der Waals surface area contributed by atoms with Gasteiger partial charge in [-0.05, 0) is 47.0 Å². The van der Waals surface area contributed by atoms with Crippen LogP contribution in [0.4, 0.5) is 8.78 Å². The molecule has 1 N–H and O–H groups in total. The highest BCUT2D eigenvalue weighted by Crippen LogP contribution is 2.29. The van der Waals surface area contributed by atoms with Crippen LogP contribution in [0.15, 0.2) is 34.9 Å². The Morgan fingerprint density at radius 2 is 2.10 bits per heavy atom. The summed E-state index contributed by atoms with van der Waals surface area (Å²) in [5.41, 5.74) is 0.792. The Morgan fingerprint density at radius 3 is 2.86 bits per heavy atom. The Kier molecular flexibility index (Phi) is 4.17. The normalized spacial score (nSPS) is 14.2. The fourth-order valence-corrected chi connectivity index (χ4v) is 2.27. The zero-order chi connectivity index (χ0) is 14.8. The number of halogens is 3. The van der Waals surface area contributed by atoms with E-state index in [-0.39, 0.29) is 11.6 Å². The number of rotatable bonds is 5. The van der Waals surface area contributed by atoms with Crippen molar-refractivity contribution in [3.8, 4) is 11.6 Å². The quantitative estimate of drug-likeness (QED) is 0.874. The number of pyridine rings is 1. The third kappa shape index (κ3) is 3.77. The highest BCUT2D eigenvalue weighted by molar-refractivity contribution is 9.10. The first kappa shape index (κ1) is 14.4. The van der Waals surface area contributed by atoms with E-state index in [4.69, 9.17) is 4.74 Å². The molecule has 1 saturated carbocycles. The Bertz CT molecular complexity index is 662. The van der Waals surface area contributed by atoms with Gasteiger partial charge in [-0.15, -0.1) is 0 Å². The molecule has 1 aliphatic carbocycles. The van der Waals surface area contributed by atoms with Gasteiger partial charge >= 0.3 is 0 Å². The van der Waals surface area contributed by atoms with Gasteiger partial charge in [0, 0.05) is 34.9 Å². The lowest BCUT2D eigenvalue weighted by molar-refractivity contribution is 0.415. The van der Waals surface area contributed by atoms with Crippen molar-refractivity contribution in [2.45, 2.75) is 25.4 Å². The first-order chi connectivity index (χ1) is 10.1. The maximum Gasteiger partial charge on any atom is 0.223 e. The highest BCUT2D eigenvalue weighted by atomic mass is 79.9. The molecular formula is C15H13BrF2N2O. The van der Waals surface area contributed by atoms with E-state index in [1.807, 2.05) is 6.07 Å². The number of aromatic nitrogens is 1. The van der Waals surface area contributed by atoms with E-state index >= 15 is 0 Å². The number of hydrogen-bond acceptors (Lipinski definition) is 3. The minimum absolute atomic E-state index is 0.169. The number of nitrogens with zero attached hydrogens (tertiary/aromatic N) is 1. The van der Waals surface area contributed by atoms with Crippen LogP contribution >= 0.6 is 15.9 Å². The standard InChI is InChI=1S/C15H13BrF2N2O/c16-10-5-9(7-19-12-2-3-12)15(20-8-10)21-14-6-11(17)1-4-13(14)18/h1,4-6,8,12,19H,2-3,7H2. The van der Waals surface area contributed by atoms with Gasteiger partial charge in [-0.3, -0.25) is 0 Å². The monoisotopic (exact) mass is 354 g/mol. The molecule has 1 heterocycles. The SMILES string of the molecule is Fc1ccc(F)c(Oc2ncc(Br)cc2CNC2CC2)c1. The van der Waals surface area contributed by atoms with Crippen molar-refractivity contribution in [2.24, 2.45) is 0 Å². The van der Waals surface area contributed by atoms with Crippen LogP contribution in [0, 0.1) is 11.6 Å². The van der Waals surface area contributed by atoms with E-state index in [0.717, 1.165) is 41.1 Å². The molecule has 1 fully saturated rings. The Morgan fingerprint density at radius 1 is 1.29 bits per heavy atom. The molecule has 0 radical (unpaired) electrons. The zero-order valence-electron chi connectivity index (χ0n) is 11.1. The molecule has 1 aliphatic rings. The Hall–Kier alpha value is -1.53. The molecule has 1 aromatic heterocycles. The lowest BCUT2D eigenvalue weighted by Crippen LogP contribution is -2.16. The van der Waals surface area contributed by atoms with E-state index < -0.39 is 11.6 Å². The van der Waals surface area contributed by atoms with Gasteiger partial charge < -0.3 is 10.1 Å². The molecule has 0 amide bonds. The first-order valence-electron chi connectivity index (χ1n) is 6.62. The van der Waals surface area contributed by atoms with Crippen molar-refractivity contribution < 1.29 is 13.5 Å². The zero-order valence-corrected chi connectivity index (χ0v) is 12.7. The van der Waals surface area contributed by atoms with Crippen LogP contribution in [-0.4, -0.2) is 11.0 Å². The van der Waals surface area contributed by atoms with Gasteiger partial charge in [0.15, 0.2) is 11.6 Å². The van der Waals surface area contributed by atoms with Gasteiger partial charge in [-0.1, -0.05) is 0 Å². The van der Waals surface area contributed by atoms with E-state index in [1.165, 1.54) is 0 Å². The largest absolute Gasteiger partial charge is 0.435 e. The second-order valence-electron chi connectivity index (χ2n) is 4.95. The molecule has 0 unspecified atom stereocenters. The maximum absolute atomic E-state index is 13.6. The molecule has 1 aromatic carbocycles. The molecule has 0 aliphatic heterocycles. The van der Waals surface area contributed by atoms with Crippen LogP contribution in [0.5, 0.6) is 11.6 Å². The number of hydrogen-bond donors (Lipinski definition) is 1. The number of nitrogens with one attached hydrogen (secondary N) is 1. The lowest BCUT2D eigenvalue weighted by atomic mass is 10.2. The lowest BCUT2D eigenvalue weighted by Gasteiger charge is -2.11. The van der Waals surface area contributed by atoms with Gasteiger partial charge in [-0.25, -0.2) is 13.8 Å². The summed E-state index contributed by atoms with van der Waals surface area (Å²) in [6.45, 7) is 0.573. The van der Waals surface area contributed by atoms with E-state index in [9.17, 15) is 8.78 Å². The summed E-state index contributed by atoms with van der Waals surface area (Å²) in [6.07, 6.45) is 3.89. The van der Waals surface area contributed by atoms with Gasteiger partial charge in [0.1, 0.15) is 5.82 Å². The summed E-state index contributed by atoms with van der Waals surface area (Å²) in [7, 11) is 0. The van der Waals surface area contributed by atoms with Crippen molar-refractivity contribution in [1.82, 2.24) is 10.3 Å². The molecule has 21 heavy (non-hydrogen) atoms. The molecule has 0 saturated heterocycles. The third-order valence-corrected chi connectivity index (χ3v) is 3.58. The summed E-state index contributed by atoms with van der Waals surface area (Å²) < 4.78 is 33.1. The van der Waals surface area contributed by atoms with Crippen LogP contribution < -0.4 is 10.1 Å². The predicted molar refractivity (Wildman–Crippen MR) is 78.2 cm³/mol. The maximum atomic E-state index is 13.6. The van der Waals surface area contributed by atoms with Crippen molar-refractivity contribution in [2.75, 3.05) is 0 Å².